The van der Waals surface area contributed by atoms with Crippen molar-refractivity contribution in [1.29, 1.82) is 0 Å². The van der Waals surface area contributed by atoms with Gasteiger partial charge in [0.25, 0.3) is 11.8 Å². The van der Waals surface area contributed by atoms with Crippen LogP contribution in [0.15, 0.2) is 74.8 Å². The zero-order chi connectivity index (χ0) is 56.5. The smallest absolute Gasteiger partial charge is 0.335 e. The fourth-order valence-corrected chi connectivity index (χ4v) is 10.8. The lowest BCUT2D eigenvalue weighted by Gasteiger charge is -2.30. The Morgan fingerprint density at radius 2 is 1.59 bits per heavy atom. The van der Waals surface area contributed by atoms with Crippen molar-refractivity contribution in [2.45, 2.75) is 113 Å². The molecule has 3 unspecified atom stereocenters. The van der Waals surface area contributed by atoms with Crippen LogP contribution in [0.25, 0.3) is 0 Å². The van der Waals surface area contributed by atoms with Gasteiger partial charge in [0.15, 0.2) is 5.71 Å². The van der Waals surface area contributed by atoms with E-state index < -0.39 is 56.6 Å². The maximum atomic E-state index is 13.4. The number of rotatable bonds is 15. The number of aliphatic imine (C=N–C) groups is 1. The number of carbonyl (C=O) groups is 6. The quantitative estimate of drug-likeness (QED) is 0.0988. The van der Waals surface area contributed by atoms with Crippen LogP contribution in [0, 0.1) is 6.92 Å². The van der Waals surface area contributed by atoms with Gasteiger partial charge in [0, 0.05) is 89.6 Å². The Kier molecular flexibility index (Phi) is 22.8. The van der Waals surface area contributed by atoms with Gasteiger partial charge in [0.1, 0.15) is 28.9 Å². The van der Waals surface area contributed by atoms with Crippen molar-refractivity contribution in [3.8, 4) is 0 Å². The van der Waals surface area contributed by atoms with Gasteiger partial charge < -0.3 is 53.9 Å². The third-order valence-corrected chi connectivity index (χ3v) is 15.3. The number of methoxy groups -OCH3 is 2. The highest BCUT2D eigenvalue weighted by Crippen LogP contribution is 2.52. The second-order valence-corrected chi connectivity index (χ2v) is 22.0. The zero-order valence-electron chi connectivity index (χ0n) is 45.0. The number of nitrogens with one attached hydrogen (secondary N) is 3. The van der Waals surface area contributed by atoms with E-state index in [9.17, 15) is 41.7 Å². The Labute approximate surface area is 464 Å². The number of pyridine rings is 1. The van der Waals surface area contributed by atoms with Crippen molar-refractivity contribution < 1.29 is 74.8 Å². The largest absolute Gasteiger partial charge is 0.744 e. The van der Waals surface area contributed by atoms with Crippen LogP contribution in [0.2, 0.25) is 0 Å². The first-order chi connectivity index (χ1) is 37.3. The van der Waals surface area contributed by atoms with Crippen molar-refractivity contribution in [3.05, 3.63) is 81.6 Å². The highest BCUT2D eigenvalue weighted by molar-refractivity contribution is 9.10. The van der Waals surface area contributed by atoms with E-state index in [4.69, 9.17) is 33.5 Å². The number of hydrogen-bond acceptors (Lipinski definition) is 17. The number of benzene rings is 1. The lowest BCUT2D eigenvalue weighted by atomic mass is 9.77. The minimum atomic E-state index is -4.79. The first-order valence-corrected chi connectivity index (χ1v) is 28.4. The van der Waals surface area contributed by atoms with E-state index in [0.29, 0.717) is 74.7 Å². The molecular weight excluding hydrogens is 1100 g/mol. The normalized spacial score (nSPS) is 23.8. The molecule has 3 N–H and O–H groups in total. The molecule has 1 saturated heterocycles. The van der Waals surface area contributed by atoms with Crippen molar-refractivity contribution in [1.82, 2.24) is 21.0 Å². The summed E-state index contributed by atoms with van der Waals surface area (Å²) < 4.78 is 68.7. The number of hydroxylamine groups is 2. The van der Waals surface area contributed by atoms with E-state index in [1.54, 1.807) is 21.1 Å². The van der Waals surface area contributed by atoms with Crippen LogP contribution in [-0.4, -0.2) is 152 Å². The molecule has 5 amide bonds. The maximum absolute atomic E-state index is 13.4. The lowest BCUT2D eigenvalue weighted by Crippen LogP contribution is -2.47. The van der Waals surface area contributed by atoms with Crippen LogP contribution in [0.5, 0.6) is 0 Å². The fraction of sp³-hybridized carbons (Fsp3) is 0.556. The van der Waals surface area contributed by atoms with Gasteiger partial charge in [-0.2, -0.15) is 0 Å². The molecule has 6 rings (SSSR count). The summed E-state index contributed by atoms with van der Waals surface area (Å²) in [6.45, 7) is 8.42. The van der Waals surface area contributed by atoms with Crippen LogP contribution < -0.4 is 25.4 Å². The van der Waals surface area contributed by atoms with Gasteiger partial charge in [0.2, 0.25) is 17.7 Å². The molecule has 1 aromatic carbocycles. The molecule has 0 spiro atoms. The van der Waals surface area contributed by atoms with Crippen molar-refractivity contribution >= 4 is 78.8 Å². The molecule has 0 aliphatic carbocycles. The number of fused-ring (bicyclic) bond motifs is 3. The summed E-state index contributed by atoms with van der Waals surface area (Å²) >= 11 is 3.70. The van der Waals surface area contributed by atoms with Crippen LogP contribution in [0.4, 0.5) is 11.5 Å². The Morgan fingerprint density at radius 1 is 0.885 bits per heavy atom. The van der Waals surface area contributed by atoms with Crippen molar-refractivity contribution in [3.63, 3.8) is 0 Å². The molecule has 5 heterocycles. The van der Waals surface area contributed by atoms with Crippen molar-refractivity contribution in [2.75, 3.05) is 91.6 Å². The summed E-state index contributed by atoms with van der Waals surface area (Å²) in [6.07, 6.45) is 13.7. The van der Waals surface area contributed by atoms with E-state index in [0.717, 1.165) is 33.0 Å². The number of ether oxygens (including phenoxy) is 5. The summed E-state index contributed by atoms with van der Waals surface area (Å²) in [4.78, 5) is 87.0. The summed E-state index contributed by atoms with van der Waals surface area (Å²) in [6, 6.07) is 4.00. The topological polar surface area (TPSA) is 274 Å². The summed E-state index contributed by atoms with van der Waals surface area (Å²) in [7, 11) is -1.53. The van der Waals surface area contributed by atoms with Gasteiger partial charge in [-0.3, -0.25) is 24.0 Å². The first-order valence-electron chi connectivity index (χ1n) is 26.2. The predicted molar refractivity (Wildman–Crippen MR) is 287 cm³/mol. The number of allylic oxidation sites excluding steroid dienone is 6. The van der Waals surface area contributed by atoms with E-state index in [2.05, 4.69) is 49.8 Å². The van der Waals surface area contributed by atoms with Crippen molar-refractivity contribution in [2.24, 2.45) is 4.99 Å². The zero-order valence-corrected chi connectivity index (χ0v) is 47.4. The van der Waals surface area contributed by atoms with Gasteiger partial charge in [0.05, 0.1) is 66.4 Å². The fourth-order valence-electron chi connectivity index (χ4n) is 9.74. The average molecular weight is 1170 g/mol. The van der Waals surface area contributed by atoms with Gasteiger partial charge in [-0.1, -0.05) is 18.2 Å². The van der Waals surface area contributed by atoms with Crippen LogP contribution in [0.1, 0.15) is 94.7 Å². The maximum Gasteiger partial charge on any atom is 0.335 e. The molecule has 0 radical (unpaired) electrons. The molecule has 3 atom stereocenters. The molecule has 78 heavy (non-hydrogen) atoms. The summed E-state index contributed by atoms with van der Waals surface area (Å²) in [5, 5.41) is 8.93. The van der Waals surface area contributed by atoms with Gasteiger partial charge >= 0.3 is 11.8 Å². The highest BCUT2D eigenvalue weighted by Gasteiger charge is 2.47. The third kappa shape index (κ3) is 16.2. The SMILES string of the molecule is COCCC1(C)C2=Nc3c1cc(Br)c[n+]3CCOCCC(=O)NC(C(=O)NCCOCCC(=O)ON1C(=O)CCC1=O)CCCCNC(=O)CCOCCN1/C(=C/C=C/C=C/2)C(C)(CCOC)c2cc(S(=O)(=O)[O-])cc(C)c21. The number of aryl methyl sites for hydroxylation is 1. The second kappa shape index (κ2) is 28.9. The van der Waals surface area contributed by atoms with Crippen LogP contribution in [0.3, 0.4) is 0 Å². The van der Waals surface area contributed by atoms with E-state index in [1.165, 1.54) is 12.1 Å². The molecule has 4 aliphatic heterocycles. The number of anilines is 1. The third-order valence-electron chi connectivity index (χ3n) is 14.1. The molecule has 2 bridgehead atoms. The number of halogens is 1. The average Bonchev–Trinajstić information content (AvgIpc) is 4.20. The van der Waals surface area contributed by atoms with Gasteiger partial charge in [-0.25, -0.2) is 17.8 Å². The van der Waals surface area contributed by atoms with Crippen LogP contribution in [-0.2, 0) is 84.8 Å². The number of aromatic nitrogens is 1. The molecule has 2 aromatic rings. The molecule has 4 aliphatic rings. The molecule has 22 nitrogen and oxygen atoms in total. The predicted octanol–water partition coefficient (Wildman–Crippen LogP) is 3.87. The molecule has 426 valence electrons. The Morgan fingerprint density at radius 3 is 2.31 bits per heavy atom. The second-order valence-electron chi connectivity index (χ2n) is 19.7. The van der Waals surface area contributed by atoms with Gasteiger partial charge in [-0.05, 0) is 115 Å². The van der Waals surface area contributed by atoms with Gasteiger partial charge in [-0.15, -0.1) is 5.06 Å². The monoisotopic (exact) mass is 1170 g/mol. The van der Waals surface area contributed by atoms with E-state index in [-0.39, 0.29) is 95.5 Å². The highest BCUT2D eigenvalue weighted by atomic mass is 79.9. The molecule has 1 fully saturated rings. The molecule has 1 aromatic heterocycles. The van der Waals surface area contributed by atoms with E-state index in [1.807, 2.05) is 48.1 Å². The molecule has 0 saturated carbocycles. The standard InChI is InChI=1S/C54H72BrN7O15S/c1-37-33-39(78(69,70)71)35-40-50(37)61-24-32-76-25-16-45(63)56-21-10-9-11-42(52(68)57-22-30-74-27-18-49(67)77-62-47(65)14-15-48(62)66)58-46(64)17-26-75-31-23-60-36-38(55)34-41-51(60)59-43(53(41,2)19-28-72-4)12-7-6-8-13-44(61)54(40,3)20-29-73-5/h6-8,12-13,33-36,42H,9-11,14-32H2,1-5H3,(H3-,56,57,58,63,64,68,69,70,71). The Balaban J connectivity index is 1.18. The summed E-state index contributed by atoms with van der Waals surface area (Å²) in [5.41, 5.74) is 3.37. The Hall–Kier alpha value is -5.73. The Bertz CT molecular complexity index is 2750. The molecule has 24 heteroatoms. The number of nitrogens with zero attached hydrogens (tertiary/aromatic N) is 4. The molecular formula is C54H72BrN7O15S. The lowest BCUT2D eigenvalue weighted by molar-refractivity contribution is -0.686. The minimum Gasteiger partial charge on any atom is -0.744 e. The van der Waals surface area contributed by atoms with E-state index >= 15 is 0 Å². The number of amides is 5. The minimum absolute atomic E-state index is 0.0208. The first kappa shape index (κ1) is 61.5. The number of imide groups is 1. The summed E-state index contributed by atoms with van der Waals surface area (Å²) in [5.74, 6) is -2.32. The van der Waals surface area contributed by atoms with Crippen LogP contribution >= 0.6 is 15.9 Å². The number of carbonyl (C=O) groups excluding carboxylic acids is 6. The number of hydrogen-bond donors (Lipinski definition) is 3.